The van der Waals surface area contributed by atoms with Gasteiger partial charge in [0.25, 0.3) is 0 Å². The summed E-state index contributed by atoms with van der Waals surface area (Å²) in [7, 11) is 0. The number of halogens is 1. The molecule has 9 nitrogen and oxygen atoms in total. The molecule has 0 bridgehead atoms. The summed E-state index contributed by atoms with van der Waals surface area (Å²) in [6.45, 7) is 6.85. The highest BCUT2D eigenvalue weighted by Gasteiger charge is 2.35. The van der Waals surface area contributed by atoms with E-state index in [0.29, 0.717) is 50.3 Å². The number of carbonyl (C=O) groups is 2. The van der Waals surface area contributed by atoms with Crippen LogP contribution in [-0.2, 0) is 22.4 Å². The minimum absolute atomic E-state index is 0.0519. The molecule has 0 spiro atoms. The predicted molar refractivity (Wildman–Crippen MR) is 117 cm³/mol. The van der Waals surface area contributed by atoms with Gasteiger partial charge in [-0.3, -0.25) is 9.80 Å². The molecule has 174 valence electrons. The largest absolute Gasteiger partial charge is 0.465 e. The Balaban J connectivity index is 1.32. The zero-order valence-electron chi connectivity index (χ0n) is 18.0. The van der Waals surface area contributed by atoms with Gasteiger partial charge in [0, 0.05) is 50.8 Å². The minimum Gasteiger partial charge on any atom is -0.465 e. The maximum atomic E-state index is 13.3. The average molecular weight is 465 g/mol. The third-order valence-electron chi connectivity index (χ3n) is 7.07. The molecule has 1 N–H and O–H groups in total. The third kappa shape index (κ3) is 4.14. The first-order valence-electron chi connectivity index (χ1n) is 11.3. The van der Waals surface area contributed by atoms with Gasteiger partial charge in [0.1, 0.15) is 0 Å². The summed E-state index contributed by atoms with van der Waals surface area (Å²) in [5.74, 6) is 0. The van der Waals surface area contributed by atoms with Crippen molar-refractivity contribution in [1.82, 2.24) is 19.6 Å². The maximum Gasteiger partial charge on any atom is 0.407 e. The van der Waals surface area contributed by atoms with Crippen molar-refractivity contribution < 1.29 is 24.2 Å². The van der Waals surface area contributed by atoms with Crippen LogP contribution in [0.25, 0.3) is 0 Å². The number of urea groups is 1. The molecule has 0 aromatic heterocycles. The van der Waals surface area contributed by atoms with Crippen LogP contribution in [0.5, 0.6) is 0 Å². The van der Waals surface area contributed by atoms with Crippen LogP contribution in [0.3, 0.4) is 0 Å². The lowest BCUT2D eigenvalue weighted by molar-refractivity contribution is -0.0747. The normalized spacial score (nSPS) is 24.8. The van der Waals surface area contributed by atoms with Crippen molar-refractivity contribution in [1.29, 1.82) is 0 Å². The molecule has 4 aliphatic rings. The molecule has 3 fully saturated rings. The Morgan fingerprint density at radius 3 is 2.44 bits per heavy atom. The second kappa shape index (κ2) is 9.05. The fourth-order valence-corrected chi connectivity index (χ4v) is 5.37. The average Bonchev–Trinajstić information content (AvgIpc) is 2.77. The van der Waals surface area contributed by atoms with Crippen LogP contribution in [-0.4, -0.2) is 109 Å². The first-order valence-corrected chi connectivity index (χ1v) is 11.6. The van der Waals surface area contributed by atoms with E-state index in [1.165, 1.54) is 4.90 Å². The van der Waals surface area contributed by atoms with Gasteiger partial charge < -0.3 is 24.4 Å². The number of ether oxygens (including phenoxy) is 2. The number of fused-ring (bicyclic) bond motifs is 1. The van der Waals surface area contributed by atoms with Crippen molar-refractivity contribution in [3.63, 3.8) is 0 Å². The van der Waals surface area contributed by atoms with Crippen LogP contribution in [0.1, 0.15) is 22.7 Å². The smallest absolute Gasteiger partial charge is 0.407 e. The molecule has 0 unspecified atom stereocenters. The molecule has 3 saturated heterocycles. The number of piperazine rings is 1. The Kier molecular flexibility index (Phi) is 6.16. The van der Waals surface area contributed by atoms with Crippen LogP contribution in [0.2, 0.25) is 5.02 Å². The number of hydrogen-bond acceptors (Lipinski definition) is 5. The van der Waals surface area contributed by atoms with E-state index >= 15 is 0 Å². The van der Waals surface area contributed by atoms with Gasteiger partial charge in [-0.2, -0.15) is 0 Å². The highest BCUT2D eigenvalue weighted by atomic mass is 35.5. The van der Waals surface area contributed by atoms with Crippen molar-refractivity contribution in [3.05, 3.63) is 33.8 Å². The number of benzene rings is 1. The Labute approximate surface area is 192 Å². The van der Waals surface area contributed by atoms with Crippen molar-refractivity contribution in [3.8, 4) is 0 Å². The Morgan fingerprint density at radius 2 is 1.75 bits per heavy atom. The Bertz CT molecular complexity index is 887. The molecule has 4 heterocycles. The molecule has 4 aliphatic heterocycles. The predicted octanol–water partition coefficient (Wildman–Crippen LogP) is 1.89. The van der Waals surface area contributed by atoms with Gasteiger partial charge in [-0.1, -0.05) is 11.6 Å². The van der Waals surface area contributed by atoms with Gasteiger partial charge in [-0.25, -0.2) is 9.59 Å². The van der Waals surface area contributed by atoms with Gasteiger partial charge in [0.2, 0.25) is 0 Å². The molecule has 0 radical (unpaired) electrons. The zero-order chi connectivity index (χ0) is 22.2. The molecule has 5 rings (SSSR count). The quantitative estimate of drug-likeness (QED) is 0.719. The lowest BCUT2D eigenvalue weighted by Crippen LogP contribution is -2.59. The van der Waals surface area contributed by atoms with Crippen LogP contribution >= 0.6 is 11.6 Å². The first-order chi connectivity index (χ1) is 15.5. The van der Waals surface area contributed by atoms with Gasteiger partial charge in [0.05, 0.1) is 38.5 Å². The van der Waals surface area contributed by atoms with E-state index in [1.54, 1.807) is 0 Å². The van der Waals surface area contributed by atoms with Gasteiger partial charge in [0.15, 0.2) is 0 Å². The zero-order valence-corrected chi connectivity index (χ0v) is 18.8. The van der Waals surface area contributed by atoms with E-state index in [0.717, 1.165) is 56.1 Å². The Morgan fingerprint density at radius 1 is 0.969 bits per heavy atom. The van der Waals surface area contributed by atoms with Crippen LogP contribution in [0.15, 0.2) is 12.1 Å². The SMILES string of the molecule is O=C(N1CCN(C2COC2)CC1)N1CCc2cc(Cl)cc([C@@H]3COCCN3C(=O)O)c2C1. The van der Waals surface area contributed by atoms with E-state index in [4.69, 9.17) is 21.1 Å². The molecule has 10 heteroatoms. The maximum absolute atomic E-state index is 13.3. The standard InChI is InChI=1S/C22H29ClN4O5/c23-16-9-15-1-2-26(21(28)25-5-3-24(4-6-25)17-12-32-13-17)11-19(15)18(10-16)20-14-31-8-7-27(20)22(29)30/h9-10,17,20H,1-8,11-14H2,(H,29,30)/t20-/m0/s1. The fraction of sp³-hybridized carbons (Fsp3) is 0.636. The number of nitrogens with zero attached hydrogens (tertiary/aromatic N) is 4. The molecule has 3 amide bonds. The summed E-state index contributed by atoms with van der Waals surface area (Å²) in [4.78, 5) is 32.8. The molecule has 0 aliphatic carbocycles. The monoisotopic (exact) mass is 464 g/mol. The number of amides is 3. The lowest BCUT2D eigenvalue weighted by atomic mass is 9.90. The summed E-state index contributed by atoms with van der Waals surface area (Å²) in [5.41, 5.74) is 2.94. The van der Waals surface area contributed by atoms with E-state index in [9.17, 15) is 14.7 Å². The molecular formula is C22H29ClN4O5. The molecule has 32 heavy (non-hydrogen) atoms. The second-order valence-corrected chi connectivity index (χ2v) is 9.30. The highest BCUT2D eigenvalue weighted by molar-refractivity contribution is 6.30. The molecule has 1 atom stereocenters. The van der Waals surface area contributed by atoms with Gasteiger partial charge >= 0.3 is 12.1 Å². The number of rotatable bonds is 2. The summed E-state index contributed by atoms with van der Waals surface area (Å²) < 4.78 is 10.9. The number of hydrogen-bond donors (Lipinski definition) is 1. The summed E-state index contributed by atoms with van der Waals surface area (Å²) in [5, 5.41) is 10.3. The van der Waals surface area contributed by atoms with E-state index in [-0.39, 0.29) is 6.03 Å². The van der Waals surface area contributed by atoms with Gasteiger partial charge in [-0.15, -0.1) is 0 Å². The highest BCUT2D eigenvalue weighted by Crippen LogP contribution is 2.35. The summed E-state index contributed by atoms with van der Waals surface area (Å²) in [6, 6.07) is 3.91. The van der Waals surface area contributed by atoms with Crippen molar-refractivity contribution in [2.45, 2.75) is 25.0 Å². The first kappa shape index (κ1) is 21.8. The number of carbonyl (C=O) groups excluding carboxylic acids is 1. The number of morpholine rings is 1. The van der Waals surface area contributed by atoms with Crippen LogP contribution < -0.4 is 0 Å². The van der Waals surface area contributed by atoms with Crippen LogP contribution in [0, 0.1) is 0 Å². The Hall–Kier alpha value is -2.07. The van der Waals surface area contributed by atoms with Crippen molar-refractivity contribution in [2.75, 3.05) is 65.7 Å². The van der Waals surface area contributed by atoms with E-state index in [2.05, 4.69) is 4.90 Å². The van der Waals surface area contributed by atoms with Gasteiger partial charge in [-0.05, 0) is 35.2 Å². The fourth-order valence-electron chi connectivity index (χ4n) is 5.12. The van der Waals surface area contributed by atoms with E-state index in [1.807, 2.05) is 21.9 Å². The topological polar surface area (TPSA) is 85.8 Å². The van der Waals surface area contributed by atoms with E-state index < -0.39 is 12.1 Å². The second-order valence-electron chi connectivity index (χ2n) is 8.87. The number of carboxylic acid groups (broad SMARTS) is 1. The van der Waals surface area contributed by atoms with Crippen molar-refractivity contribution >= 4 is 23.7 Å². The molecule has 0 saturated carbocycles. The van der Waals surface area contributed by atoms with Crippen LogP contribution in [0.4, 0.5) is 9.59 Å². The summed E-state index contributed by atoms with van der Waals surface area (Å²) >= 11 is 6.40. The lowest BCUT2D eigenvalue weighted by Gasteiger charge is -2.44. The molecular weight excluding hydrogens is 436 g/mol. The molecule has 1 aromatic rings. The molecule has 1 aromatic carbocycles. The third-order valence-corrected chi connectivity index (χ3v) is 7.29. The minimum atomic E-state index is -0.967. The van der Waals surface area contributed by atoms with Crippen molar-refractivity contribution in [2.24, 2.45) is 0 Å². The summed E-state index contributed by atoms with van der Waals surface area (Å²) in [6.07, 6.45) is -0.264.